The van der Waals surface area contributed by atoms with Crippen molar-refractivity contribution < 1.29 is 0 Å². The molecule has 16 aromatic heterocycles. The first-order valence-corrected chi connectivity index (χ1v) is 48.2. The Kier molecular flexibility index (Phi) is 14.9. The molecule has 0 unspecified atom stereocenters. The summed E-state index contributed by atoms with van der Waals surface area (Å²) in [5.74, 6) is 0. The van der Waals surface area contributed by atoms with Gasteiger partial charge in [0.25, 0.3) is 0 Å². The Labute approximate surface area is 796 Å². The molecular weight excluding hydrogens is 1710 g/mol. The largest absolute Gasteiger partial charge is 0.290 e. The van der Waals surface area contributed by atoms with Gasteiger partial charge in [0.15, 0.2) is 22.6 Å². The highest BCUT2D eigenvalue weighted by molar-refractivity contribution is 6.25. The van der Waals surface area contributed by atoms with Gasteiger partial charge in [-0.2, -0.15) is 0 Å². The summed E-state index contributed by atoms with van der Waals surface area (Å²) in [5, 5.41) is 14.2. The van der Waals surface area contributed by atoms with Gasteiger partial charge in [-0.05, 0) is 342 Å². The van der Waals surface area contributed by atoms with E-state index in [-0.39, 0.29) is 0 Å². The second kappa shape index (κ2) is 27.7. The van der Waals surface area contributed by atoms with E-state index in [0.717, 1.165) is 162 Å². The van der Waals surface area contributed by atoms with Gasteiger partial charge in [-0.3, -0.25) is 37.5 Å². The van der Waals surface area contributed by atoms with Gasteiger partial charge < -0.3 is 0 Å². The van der Waals surface area contributed by atoms with E-state index < -0.39 is 0 Å². The maximum Gasteiger partial charge on any atom is 0.178 e. The number of imidazole rings is 4. The van der Waals surface area contributed by atoms with Crippen LogP contribution >= 0.6 is 0 Å². The average Bonchev–Trinajstić information content (AvgIpc) is 1.55. The van der Waals surface area contributed by atoms with Crippen LogP contribution in [-0.4, -0.2) is 77.4 Å². The van der Waals surface area contributed by atoms with E-state index in [9.17, 15) is 0 Å². The third-order valence-electron chi connectivity index (χ3n) is 31.9. The summed E-state index contributed by atoms with van der Waals surface area (Å²) in [6.45, 7) is 0. The molecule has 0 spiro atoms. The fourth-order valence-electron chi connectivity index (χ4n) is 26.1. The van der Waals surface area contributed by atoms with E-state index in [0.29, 0.717) is 0 Å². The zero-order chi connectivity index (χ0) is 90.7. The van der Waals surface area contributed by atoms with Crippen LogP contribution < -0.4 is 0 Å². The number of benzene rings is 12. The number of fused-ring (bicyclic) bond motifs is 62. The highest BCUT2D eigenvalue weighted by Gasteiger charge is 2.37. The number of aromatic nitrogens is 16. The summed E-state index contributed by atoms with van der Waals surface area (Å²) >= 11 is 0. The van der Waals surface area contributed by atoms with E-state index in [2.05, 4.69) is 300 Å². The van der Waals surface area contributed by atoms with Crippen LogP contribution in [0.3, 0.4) is 0 Å². The molecule has 12 aromatic carbocycles. The number of hydrogen-bond acceptors (Lipinski definition) is 12. The Balaban J connectivity index is 0.0000000829. The third kappa shape index (κ3) is 10.2. The van der Waals surface area contributed by atoms with Crippen molar-refractivity contribution >= 4 is 154 Å². The van der Waals surface area contributed by atoms with E-state index in [1.54, 1.807) is 0 Å². The fourth-order valence-corrected chi connectivity index (χ4v) is 26.1. The lowest BCUT2D eigenvalue weighted by atomic mass is 9.93. The molecule has 0 bridgehead atoms. The van der Waals surface area contributed by atoms with Crippen LogP contribution in [-0.2, 0) is 51.4 Å². The van der Waals surface area contributed by atoms with Crippen LogP contribution in [0.25, 0.3) is 243 Å². The summed E-state index contributed by atoms with van der Waals surface area (Å²) in [7, 11) is 0. The number of pyridine rings is 12. The van der Waals surface area contributed by atoms with Gasteiger partial charge in [0, 0.05) is 117 Å². The molecule has 16 heteroatoms. The molecule has 16 nitrogen and oxygen atoms in total. The molecular formula is C124H72N16. The first kappa shape index (κ1) is 75.1. The second-order valence-corrected chi connectivity index (χ2v) is 38.7. The SMILES string of the molecule is c1ccc2c(c1)Cc1c-2ccc2c1Cc1ccc3c4cnccc4n4c5cccnc5nc4c3c1-2.c1ccc2c(c1)Cc1cc3c(cc1-2)-c1c(ccc2c4cnccc4n4c5cccnc5nc4c12)C3.c1ccc2c(c1)Cc1cc3c(cc1-2)Cc1ccc2c4cnccc4n4c5cccnc5nc4c2c1-3.c1ccc2c(c1)Cc1ccc3c(c1-2)Cc1ccc2c4cnccc4n4c5cccnc5nc4c2c1-3. The van der Waals surface area contributed by atoms with E-state index in [1.807, 2.05) is 98.6 Å². The van der Waals surface area contributed by atoms with Crippen molar-refractivity contribution in [2.75, 3.05) is 0 Å². The molecule has 0 aliphatic heterocycles. The zero-order valence-electron chi connectivity index (χ0n) is 75.1. The fraction of sp³-hybridized carbons (Fsp3) is 0.0645. The Morgan fingerprint density at radius 3 is 0.921 bits per heavy atom. The molecule has 0 N–H and O–H groups in total. The second-order valence-electron chi connectivity index (χ2n) is 38.7. The minimum Gasteiger partial charge on any atom is -0.290 e. The Bertz CT molecular complexity index is 10300. The van der Waals surface area contributed by atoms with Gasteiger partial charge >= 0.3 is 0 Å². The van der Waals surface area contributed by atoms with Gasteiger partial charge in [0.1, 0.15) is 22.6 Å². The molecule has 0 saturated carbocycles. The quantitative estimate of drug-likeness (QED) is 0.132. The molecule has 0 fully saturated rings. The zero-order valence-corrected chi connectivity index (χ0v) is 75.1. The Morgan fingerprint density at radius 2 is 0.464 bits per heavy atom. The minimum absolute atomic E-state index is 0.775. The smallest absolute Gasteiger partial charge is 0.178 e. The maximum absolute atomic E-state index is 5.08. The topological polar surface area (TPSA) is 172 Å². The molecule has 0 radical (unpaired) electrons. The van der Waals surface area contributed by atoms with Gasteiger partial charge in [-0.1, -0.05) is 176 Å². The van der Waals surface area contributed by atoms with Crippen LogP contribution in [0.4, 0.5) is 0 Å². The average molecular weight is 1790 g/mol. The maximum atomic E-state index is 5.08. The molecule has 28 aromatic rings. The van der Waals surface area contributed by atoms with Crippen LogP contribution in [0.15, 0.2) is 341 Å². The molecule has 0 saturated heterocycles. The Hall–Kier alpha value is -18.3. The van der Waals surface area contributed by atoms with Crippen molar-refractivity contribution in [3.63, 3.8) is 0 Å². The summed E-state index contributed by atoms with van der Waals surface area (Å²) in [6, 6.07) is 97.5. The number of rotatable bonds is 0. The highest BCUT2D eigenvalue weighted by Crippen LogP contribution is 2.57. The predicted octanol–water partition coefficient (Wildman–Crippen LogP) is 26.9. The lowest BCUT2D eigenvalue weighted by Gasteiger charge is -2.13. The molecule has 8 aliphatic rings. The third-order valence-corrected chi connectivity index (χ3v) is 31.9. The molecule has 16 heterocycles. The van der Waals surface area contributed by atoms with E-state index in [4.69, 9.17) is 19.9 Å². The molecule has 140 heavy (non-hydrogen) atoms. The molecule has 36 rings (SSSR count). The van der Waals surface area contributed by atoms with Crippen molar-refractivity contribution in [1.29, 1.82) is 0 Å². The number of hydrogen-bond donors (Lipinski definition) is 0. The summed E-state index contributed by atoms with van der Waals surface area (Å²) in [6.07, 6.45) is 30.6. The van der Waals surface area contributed by atoms with E-state index in [1.165, 1.54) is 221 Å². The first-order valence-electron chi connectivity index (χ1n) is 48.2. The van der Waals surface area contributed by atoms with E-state index >= 15 is 0 Å². The van der Waals surface area contributed by atoms with Crippen molar-refractivity contribution in [3.05, 3.63) is 430 Å². The van der Waals surface area contributed by atoms with Gasteiger partial charge in [0.2, 0.25) is 0 Å². The van der Waals surface area contributed by atoms with Gasteiger partial charge in [-0.25, -0.2) is 39.9 Å². The lowest BCUT2D eigenvalue weighted by molar-refractivity contribution is 1.16. The first-order chi connectivity index (χ1) is 69.4. The Morgan fingerprint density at radius 1 is 0.171 bits per heavy atom. The lowest BCUT2D eigenvalue weighted by Crippen LogP contribution is -1.94. The number of nitrogens with zero attached hydrogens (tertiary/aromatic N) is 16. The van der Waals surface area contributed by atoms with Crippen LogP contribution in [0.1, 0.15) is 89.0 Å². The molecule has 8 aliphatic carbocycles. The van der Waals surface area contributed by atoms with Crippen LogP contribution in [0.5, 0.6) is 0 Å². The standard InChI is InChI=1S/4C31H18N4/c1-2-5-20-17(4-1)14-18-7-9-21-23(27(18)20)15-19-8-10-22-24-16-32-13-11-25(24)35-26-6-3-12-33-30(26)34-31(35)29(22)28(19)21;1-2-5-19-17(4-1)14-23-20(19)9-10-21-24(23)15-18-7-8-22-25-16-32-13-11-26(25)35-27-6-3-12-33-30(27)34-31(35)29(22)28(18)21;1-2-5-21-17(4-1)12-19-15-24-20(14-23(19)21)13-18-7-8-22-25-16-32-11-9-26(25)35-27-6-3-10-33-30(27)34-31(35)29(22)28(18)24;1-2-5-21-17(4-1)12-19-14-20-13-18-7-8-22-25-16-32-11-9-26(25)35-27-6-3-10-33-30(27)34-31(35)29(22)28(18)24(20)15-23(19)21/h2*1-13,16H,14-15H2;2*1-11,14-16H,12-13H2. The van der Waals surface area contributed by atoms with Crippen molar-refractivity contribution in [1.82, 2.24) is 77.4 Å². The van der Waals surface area contributed by atoms with Crippen LogP contribution in [0.2, 0.25) is 0 Å². The van der Waals surface area contributed by atoms with Crippen LogP contribution in [0, 0.1) is 0 Å². The summed E-state index contributed by atoms with van der Waals surface area (Å²) < 4.78 is 9.07. The molecule has 648 valence electrons. The van der Waals surface area contributed by atoms with Gasteiger partial charge in [-0.15, -0.1) is 0 Å². The summed E-state index contributed by atoms with van der Waals surface area (Å²) in [4.78, 5) is 56.7. The minimum atomic E-state index is 0.775. The molecule has 0 amide bonds. The van der Waals surface area contributed by atoms with Crippen molar-refractivity contribution in [2.45, 2.75) is 51.4 Å². The molecule has 0 atom stereocenters. The highest BCUT2D eigenvalue weighted by atomic mass is 15.1. The van der Waals surface area contributed by atoms with Crippen molar-refractivity contribution in [2.24, 2.45) is 0 Å². The monoisotopic (exact) mass is 1780 g/mol. The van der Waals surface area contributed by atoms with Gasteiger partial charge in [0.05, 0.1) is 44.1 Å². The van der Waals surface area contributed by atoms with Crippen molar-refractivity contribution in [3.8, 4) is 89.0 Å². The predicted molar refractivity (Wildman–Crippen MR) is 559 cm³/mol. The summed E-state index contributed by atoms with van der Waals surface area (Å²) in [5.41, 5.74) is 60.1. The normalized spacial score (nSPS) is 13.5.